The van der Waals surface area contributed by atoms with Crippen molar-refractivity contribution >= 4 is 28.7 Å². The van der Waals surface area contributed by atoms with Crippen LogP contribution in [0.15, 0.2) is 53.4 Å². The zero-order valence-corrected chi connectivity index (χ0v) is 15.4. The lowest BCUT2D eigenvalue weighted by Crippen LogP contribution is -2.39. The molecule has 7 heteroatoms. The standard InChI is InChI=1S/C20H19F2N3OS/c21-20(22)27-17-10-4-1-7-14(17)19(26)25-11-5-6-13(12-25)18-23-15-8-2-3-9-16(15)24-18/h1-4,7-10,13,20H,5-6,11-12H2,(H,23,24)/t13-/m1/s1. The zero-order chi connectivity index (χ0) is 18.8. The maximum absolute atomic E-state index is 13.0. The van der Waals surface area contributed by atoms with Gasteiger partial charge in [-0.2, -0.15) is 8.78 Å². The molecule has 0 bridgehead atoms. The first-order valence-electron chi connectivity index (χ1n) is 8.89. The van der Waals surface area contributed by atoms with Gasteiger partial charge in [-0.3, -0.25) is 4.79 Å². The molecule has 3 aromatic rings. The molecule has 1 aliphatic rings. The molecule has 1 atom stereocenters. The number of fused-ring (bicyclic) bond motifs is 1. The number of amides is 1. The number of hydrogen-bond donors (Lipinski definition) is 1. The fourth-order valence-electron chi connectivity index (χ4n) is 3.56. The van der Waals surface area contributed by atoms with Crippen molar-refractivity contribution in [3.8, 4) is 0 Å². The summed E-state index contributed by atoms with van der Waals surface area (Å²) in [5.74, 6) is -1.75. The number of alkyl halides is 2. The average molecular weight is 387 g/mol. The predicted molar refractivity (Wildman–Crippen MR) is 102 cm³/mol. The van der Waals surface area contributed by atoms with E-state index < -0.39 is 5.76 Å². The van der Waals surface area contributed by atoms with Crippen LogP contribution in [0.2, 0.25) is 0 Å². The molecule has 4 rings (SSSR count). The molecule has 0 radical (unpaired) electrons. The van der Waals surface area contributed by atoms with Gasteiger partial charge in [-0.1, -0.05) is 36.0 Å². The summed E-state index contributed by atoms with van der Waals surface area (Å²) in [6.07, 6.45) is 1.80. The normalized spacial score (nSPS) is 17.6. The maximum atomic E-state index is 13.0. The lowest BCUT2D eigenvalue weighted by molar-refractivity contribution is 0.0701. The van der Waals surface area contributed by atoms with Crippen LogP contribution in [-0.2, 0) is 0 Å². The van der Waals surface area contributed by atoms with E-state index in [2.05, 4.69) is 9.97 Å². The molecule has 2 aromatic carbocycles. The Morgan fingerprint density at radius 3 is 2.78 bits per heavy atom. The number of aromatic amines is 1. The number of nitrogens with one attached hydrogen (secondary N) is 1. The number of piperidine rings is 1. The summed E-state index contributed by atoms with van der Waals surface area (Å²) in [5.41, 5.74) is 2.23. The summed E-state index contributed by atoms with van der Waals surface area (Å²) in [6.45, 7) is 1.16. The van der Waals surface area contributed by atoms with Gasteiger partial charge >= 0.3 is 0 Å². The first-order chi connectivity index (χ1) is 13.1. The van der Waals surface area contributed by atoms with Gasteiger partial charge in [0.05, 0.1) is 16.6 Å². The number of hydrogen-bond acceptors (Lipinski definition) is 3. The molecule has 0 unspecified atom stereocenters. The third-order valence-corrected chi connectivity index (χ3v) is 5.62. The molecule has 1 N–H and O–H groups in total. The van der Waals surface area contributed by atoms with Crippen LogP contribution in [0.1, 0.15) is 34.9 Å². The Balaban J connectivity index is 1.55. The van der Waals surface area contributed by atoms with E-state index in [9.17, 15) is 13.6 Å². The average Bonchev–Trinajstić information content (AvgIpc) is 3.12. The van der Waals surface area contributed by atoms with Crippen molar-refractivity contribution in [1.29, 1.82) is 0 Å². The molecule has 0 spiro atoms. The summed E-state index contributed by atoms with van der Waals surface area (Å²) < 4.78 is 25.6. The number of H-pyrrole nitrogens is 1. The van der Waals surface area contributed by atoms with Crippen molar-refractivity contribution < 1.29 is 13.6 Å². The fraction of sp³-hybridized carbons (Fsp3) is 0.300. The molecule has 0 aliphatic carbocycles. The highest BCUT2D eigenvalue weighted by Crippen LogP contribution is 2.31. The zero-order valence-electron chi connectivity index (χ0n) is 14.6. The van der Waals surface area contributed by atoms with Crippen LogP contribution in [0.3, 0.4) is 0 Å². The van der Waals surface area contributed by atoms with Gasteiger partial charge in [-0.15, -0.1) is 0 Å². The van der Waals surface area contributed by atoms with Gasteiger partial charge in [0.1, 0.15) is 5.82 Å². The molecule has 1 aromatic heterocycles. The van der Waals surface area contributed by atoms with E-state index in [1.165, 1.54) is 0 Å². The minimum Gasteiger partial charge on any atom is -0.342 e. The van der Waals surface area contributed by atoms with E-state index >= 15 is 0 Å². The van der Waals surface area contributed by atoms with Crippen molar-refractivity contribution in [2.75, 3.05) is 13.1 Å². The van der Waals surface area contributed by atoms with Crippen molar-refractivity contribution in [2.45, 2.75) is 29.4 Å². The fourth-order valence-corrected chi connectivity index (χ4v) is 4.19. The summed E-state index contributed by atoms with van der Waals surface area (Å²) in [4.78, 5) is 23.1. The van der Waals surface area contributed by atoms with Crippen LogP contribution in [0, 0.1) is 0 Å². The van der Waals surface area contributed by atoms with Crippen molar-refractivity contribution in [3.63, 3.8) is 0 Å². The molecular weight excluding hydrogens is 368 g/mol. The number of rotatable bonds is 4. The molecule has 1 saturated heterocycles. The molecule has 1 fully saturated rings. The highest BCUT2D eigenvalue weighted by Gasteiger charge is 2.28. The molecule has 1 aliphatic heterocycles. The second kappa shape index (κ2) is 7.68. The SMILES string of the molecule is O=C(c1ccccc1SC(F)F)N1CCC[C@@H](c2nc3ccccc3[nH]2)C1. The summed E-state index contributed by atoms with van der Waals surface area (Å²) in [7, 11) is 0. The topological polar surface area (TPSA) is 49.0 Å². The number of nitrogens with zero attached hydrogens (tertiary/aromatic N) is 2. The van der Waals surface area contributed by atoms with E-state index in [0.29, 0.717) is 35.3 Å². The molecule has 2 heterocycles. The Labute approximate surface area is 160 Å². The lowest BCUT2D eigenvalue weighted by Gasteiger charge is -2.32. The second-order valence-electron chi connectivity index (χ2n) is 6.60. The van der Waals surface area contributed by atoms with Gasteiger partial charge in [0.25, 0.3) is 11.7 Å². The number of imidazole rings is 1. The quantitative estimate of drug-likeness (QED) is 0.648. The molecule has 140 valence electrons. The Morgan fingerprint density at radius 2 is 1.96 bits per heavy atom. The number of halogens is 2. The number of carbonyl (C=O) groups is 1. The number of carbonyl (C=O) groups excluding carboxylic acids is 1. The first-order valence-corrected chi connectivity index (χ1v) is 9.77. The van der Waals surface area contributed by atoms with Crippen molar-refractivity contribution in [2.24, 2.45) is 0 Å². The van der Waals surface area contributed by atoms with Crippen LogP contribution in [0.4, 0.5) is 8.78 Å². The van der Waals surface area contributed by atoms with Gasteiger partial charge < -0.3 is 9.88 Å². The van der Waals surface area contributed by atoms with Crippen LogP contribution in [0.5, 0.6) is 0 Å². The smallest absolute Gasteiger partial charge is 0.288 e. The first kappa shape index (κ1) is 18.0. The number of likely N-dealkylation sites (tertiary alicyclic amines) is 1. The summed E-state index contributed by atoms with van der Waals surface area (Å²) in [5, 5.41) is 0. The van der Waals surface area contributed by atoms with E-state index in [1.807, 2.05) is 24.3 Å². The van der Waals surface area contributed by atoms with Crippen LogP contribution in [-0.4, -0.2) is 39.6 Å². The van der Waals surface area contributed by atoms with E-state index in [4.69, 9.17) is 0 Å². The predicted octanol–water partition coefficient (Wildman–Crippen LogP) is 4.90. The maximum Gasteiger partial charge on any atom is 0.288 e. The van der Waals surface area contributed by atoms with E-state index in [0.717, 1.165) is 29.7 Å². The number of thioether (sulfide) groups is 1. The van der Waals surface area contributed by atoms with Crippen molar-refractivity contribution in [3.05, 3.63) is 59.9 Å². The Bertz CT molecular complexity index is 926. The Kier molecular flexibility index (Phi) is 5.11. The Morgan fingerprint density at radius 1 is 1.19 bits per heavy atom. The molecule has 27 heavy (non-hydrogen) atoms. The lowest BCUT2D eigenvalue weighted by atomic mass is 9.96. The van der Waals surface area contributed by atoms with E-state index in [-0.39, 0.29) is 11.8 Å². The Hall–Kier alpha value is -2.41. The van der Waals surface area contributed by atoms with Gasteiger partial charge in [-0.05, 0) is 37.1 Å². The largest absolute Gasteiger partial charge is 0.342 e. The number of para-hydroxylation sites is 2. The summed E-state index contributed by atoms with van der Waals surface area (Å²) in [6, 6.07) is 14.4. The number of aromatic nitrogens is 2. The van der Waals surface area contributed by atoms with Gasteiger partial charge in [0, 0.05) is 23.9 Å². The highest BCUT2D eigenvalue weighted by atomic mass is 32.2. The van der Waals surface area contributed by atoms with Crippen LogP contribution < -0.4 is 0 Å². The second-order valence-corrected chi connectivity index (χ2v) is 7.64. The minimum atomic E-state index is -2.55. The summed E-state index contributed by atoms with van der Waals surface area (Å²) >= 11 is 0.418. The third kappa shape index (κ3) is 3.83. The van der Waals surface area contributed by atoms with Gasteiger partial charge in [0.15, 0.2) is 0 Å². The highest BCUT2D eigenvalue weighted by molar-refractivity contribution is 7.99. The van der Waals surface area contributed by atoms with Crippen LogP contribution >= 0.6 is 11.8 Å². The van der Waals surface area contributed by atoms with Crippen LogP contribution in [0.25, 0.3) is 11.0 Å². The molecule has 0 saturated carbocycles. The molecule has 4 nitrogen and oxygen atoms in total. The monoisotopic (exact) mass is 387 g/mol. The minimum absolute atomic E-state index is 0.116. The molecular formula is C20H19F2N3OS. The number of benzene rings is 2. The van der Waals surface area contributed by atoms with Gasteiger partial charge in [-0.25, -0.2) is 4.98 Å². The third-order valence-electron chi connectivity index (χ3n) is 4.84. The van der Waals surface area contributed by atoms with Crippen molar-refractivity contribution in [1.82, 2.24) is 14.9 Å². The van der Waals surface area contributed by atoms with Gasteiger partial charge in [0.2, 0.25) is 0 Å². The molecule has 1 amide bonds. The van der Waals surface area contributed by atoms with E-state index in [1.54, 1.807) is 29.2 Å².